The van der Waals surface area contributed by atoms with Crippen LogP contribution in [0.5, 0.6) is 0 Å². The van der Waals surface area contributed by atoms with Gasteiger partial charge in [0.2, 0.25) is 11.8 Å². The number of hydrogen-bond donors (Lipinski definition) is 1. The van der Waals surface area contributed by atoms with Gasteiger partial charge >= 0.3 is 0 Å². The Balaban J connectivity index is 2.09. The molecule has 0 aromatic heterocycles. The van der Waals surface area contributed by atoms with Crippen molar-refractivity contribution < 1.29 is 18.0 Å². The molecule has 0 unspecified atom stereocenters. The van der Waals surface area contributed by atoms with Crippen LogP contribution in [0.3, 0.4) is 0 Å². The quantitative estimate of drug-likeness (QED) is 0.209. The molecule has 0 saturated carbocycles. The van der Waals surface area contributed by atoms with Crippen molar-refractivity contribution in [3.63, 3.8) is 0 Å². The number of rotatable bonds is 13. The molecule has 0 aliphatic heterocycles. The van der Waals surface area contributed by atoms with Crippen LogP contribution in [0.25, 0.3) is 0 Å². The molecule has 0 bridgehead atoms. The van der Waals surface area contributed by atoms with Gasteiger partial charge in [-0.25, -0.2) is 8.42 Å². The summed E-state index contributed by atoms with van der Waals surface area (Å²) in [6, 6.07) is 16.0. The SMILES string of the molecule is CCCCNC(=O)[C@@H](CC)N(Cc1ccc(Cl)cc1Cl)C(=O)CN(c1cc(C)cc(C)c1)S(=O)(=O)c1ccc(C)cc1. The Labute approximate surface area is 259 Å². The molecule has 1 atom stereocenters. The molecule has 1 N–H and O–H groups in total. The van der Waals surface area contributed by atoms with Crippen molar-refractivity contribution in [3.8, 4) is 0 Å². The normalized spacial score (nSPS) is 12.1. The average Bonchev–Trinajstić information content (AvgIpc) is 2.92. The molecule has 0 radical (unpaired) electrons. The van der Waals surface area contributed by atoms with E-state index in [1.54, 1.807) is 42.5 Å². The van der Waals surface area contributed by atoms with E-state index in [9.17, 15) is 18.0 Å². The molecule has 3 aromatic rings. The standard InChI is InChI=1S/C32H39Cl2N3O4S/c1-6-8-15-35-32(39)30(7-2)36(20-25-11-12-26(33)19-29(25)34)31(38)21-37(27-17-23(4)16-24(5)18-27)42(40,41)28-13-9-22(3)10-14-28/h9-14,16-19,30H,6-8,15,20-21H2,1-5H3,(H,35,39)/t30-/m1/s1. The van der Waals surface area contributed by atoms with Crippen LogP contribution in [0.4, 0.5) is 5.69 Å². The zero-order valence-corrected chi connectivity index (χ0v) is 27.1. The van der Waals surface area contributed by atoms with Crippen molar-refractivity contribution in [2.75, 3.05) is 17.4 Å². The van der Waals surface area contributed by atoms with E-state index in [1.807, 2.05) is 40.7 Å². The summed E-state index contributed by atoms with van der Waals surface area (Å²) in [6.07, 6.45) is 2.03. The zero-order chi connectivity index (χ0) is 31.0. The molecule has 0 spiro atoms. The van der Waals surface area contributed by atoms with E-state index in [1.165, 1.54) is 17.0 Å². The highest BCUT2D eigenvalue weighted by atomic mass is 35.5. The Hall–Kier alpha value is -3.07. The molecule has 42 heavy (non-hydrogen) atoms. The maximum Gasteiger partial charge on any atom is 0.264 e. The summed E-state index contributed by atoms with van der Waals surface area (Å²) in [4.78, 5) is 29.0. The van der Waals surface area contributed by atoms with Crippen LogP contribution < -0.4 is 9.62 Å². The van der Waals surface area contributed by atoms with Gasteiger partial charge in [-0.05, 0) is 86.7 Å². The van der Waals surface area contributed by atoms with Crippen LogP contribution in [0.2, 0.25) is 10.0 Å². The summed E-state index contributed by atoms with van der Waals surface area (Å²) in [5, 5.41) is 3.71. The summed E-state index contributed by atoms with van der Waals surface area (Å²) in [5.41, 5.74) is 3.58. The molecule has 3 rings (SSSR count). The average molecular weight is 633 g/mol. The number of hydrogen-bond acceptors (Lipinski definition) is 4. The Morgan fingerprint density at radius 3 is 2.10 bits per heavy atom. The highest BCUT2D eigenvalue weighted by molar-refractivity contribution is 7.92. The summed E-state index contributed by atoms with van der Waals surface area (Å²) in [7, 11) is -4.15. The Kier molecular flexibility index (Phi) is 11.9. The number of nitrogens with zero attached hydrogens (tertiary/aromatic N) is 2. The summed E-state index contributed by atoms with van der Waals surface area (Å²) < 4.78 is 29.2. The van der Waals surface area contributed by atoms with Crippen molar-refractivity contribution in [2.24, 2.45) is 0 Å². The number of aryl methyl sites for hydroxylation is 3. The third kappa shape index (κ3) is 8.49. The number of carbonyl (C=O) groups excluding carboxylic acids is 2. The monoisotopic (exact) mass is 631 g/mol. The van der Waals surface area contributed by atoms with Gasteiger partial charge in [0.15, 0.2) is 0 Å². The third-order valence-corrected chi connectivity index (χ3v) is 9.33. The first-order valence-electron chi connectivity index (χ1n) is 14.1. The first-order chi connectivity index (χ1) is 19.9. The largest absolute Gasteiger partial charge is 0.354 e. The maximum atomic E-state index is 14.2. The van der Waals surface area contributed by atoms with Crippen molar-refractivity contribution in [2.45, 2.75) is 71.4 Å². The van der Waals surface area contributed by atoms with Gasteiger partial charge in [0.25, 0.3) is 10.0 Å². The first kappa shape index (κ1) is 33.4. The van der Waals surface area contributed by atoms with Gasteiger partial charge in [0.1, 0.15) is 12.6 Å². The van der Waals surface area contributed by atoms with Crippen molar-refractivity contribution in [3.05, 3.63) is 93.0 Å². The molecular formula is C32H39Cl2N3O4S. The van der Waals surface area contributed by atoms with Crippen molar-refractivity contribution in [1.29, 1.82) is 0 Å². The predicted molar refractivity (Wildman–Crippen MR) is 171 cm³/mol. The minimum Gasteiger partial charge on any atom is -0.354 e. The van der Waals surface area contributed by atoms with E-state index in [0.717, 1.165) is 33.8 Å². The predicted octanol–water partition coefficient (Wildman–Crippen LogP) is 6.84. The van der Waals surface area contributed by atoms with E-state index in [4.69, 9.17) is 23.2 Å². The van der Waals surface area contributed by atoms with Crippen LogP contribution in [-0.4, -0.2) is 44.3 Å². The van der Waals surface area contributed by atoms with Crippen LogP contribution in [0.1, 0.15) is 55.4 Å². The lowest BCUT2D eigenvalue weighted by atomic mass is 10.1. The van der Waals surface area contributed by atoms with Crippen molar-refractivity contribution >= 4 is 50.7 Å². The molecular weight excluding hydrogens is 593 g/mol. The lowest BCUT2D eigenvalue weighted by Crippen LogP contribution is -2.52. The van der Waals surface area contributed by atoms with Gasteiger partial charge < -0.3 is 10.2 Å². The Bertz CT molecular complexity index is 1490. The summed E-state index contributed by atoms with van der Waals surface area (Å²) in [5.74, 6) is -0.836. The minimum absolute atomic E-state index is 0.000194. The van der Waals surface area contributed by atoms with Gasteiger partial charge in [0.05, 0.1) is 10.6 Å². The van der Waals surface area contributed by atoms with Crippen LogP contribution in [0.15, 0.2) is 65.6 Å². The van der Waals surface area contributed by atoms with Gasteiger partial charge in [-0.3, -0.25) is 13.9 Å². The number of amides is 2. The fraction of sp³-hybridized carbons (Fsp3) is 0.375. The second-order valence-electron chi connectivity index (χ2n) is 10.5. The van der Waals surface area contributed by atoms with Gasteiger partial charge in [-0.2, -0.15) is 0 Å². The Morgan fingerprint density at radius 1 is 0.881 bits per heavy atom. The Morgan fingerprint density at radius 2 is 1.52 bits per heavy atom. The fourth-order valence-corrected chi connectivity index (χ4v) is 6.59. The van der Waals surface area contributed by atoms with E-state index < -0.39 is 28.5 Å². The second kappa shape index (κ2) is 14.9. The van der Waals surface area contributed by atoms with Crippen LogP contribution in [-0.2, 0) is 26.2 Å². The summed E-state index contributed by atoms with van der Waals surface area (Å²) in [6.45, 7) is 9.43. The lowest BCUT2D eigenvalue weighted by molar-refractivity contribution is -0.140. The molecule has 0 aliphatic carbocycles. The number of nitrogens with one attached hydrogen (secondary N) is 1. The van der Waals surface area contributed by atoms with E-state index >= 15 is 0 Å². The van der Waals surface area contributed by atoms with Crippen molar-refractivity contribution in [1.82, 2.24) is 10.2 Å². The highest BCUT2D eigenvalue weighted by Crippen LogP contribution is 2.28. The van der Waals surface area contributed by atoms with Gasteiger partial charge in [0, 0.05) is 23.1 Å². The smallest absolute Gasteiger partial charge is 0.264 e. The van der Waals surface area contributed by atoms with Crippen LogP contribution >= 0.6 is 23.2 Å². The highest BCUT2D eigenvalue weighted by Gasteiger charge is 2.34. The lowest BCUT2D eigenvalue weighted by Gasteiger charge is -2.33. The van der Waals surface area contributed by atoms with E-state index in [2.05, 4.69) is 5.32 Å². The number of benzene rings is 3. The molecule has 0 heterocycles. The number of carbonyl (C=O) groups is 2. The molecule has 0 saturated heterocycles. The zero-order valence-electron chi connectivity index (χ0n) is 24.8. The van der Waals surface area contributed by atoms with E-state index in [-0.39, 0.29) is 17.3 Å². The second-order valence-corrected chi connectivity index (χ2v) is 13.2. The molecule has 7 nitrogen and oxygen atoms in total. The minimum atomic E-state index is -4.15. The molecule has 0 fully saturated rings. The number of halogens is 2. The van der Waals surface area contributed by atoms with Crippen LogP contribution in [0, 0.1) is 20.8 Å². The number of anilines is 1. The number of sulfonamides is 1. The molecule has 226 valence electrons. The van der Waals surface area contributed by atoms with E-state index in [0.29, 0.717) is 34.3 Å². The fourth-order valence-electron chi connectivity index (χ4n) is 4.72. The first-order valence-corrected chi connectivity index (χ1v) is 16.3. The molecule has 10 heteroatoms. The molecule has 0 aliphatic rings. The summed E-state index contributed by atoms with van der Waals surface area (Å²) >= 11 is 12.6. The van der Waals surface area contributed by atoms with Gasteiger partial charge in [-0.15, -0.1) is 0 Å². The van der Waals surface area contributed by atoms with Gasteiger partial charge in [-0.1, -0.05) is 73.3 Å². The molecule has 2 amide bonds. The maximum absolute atomic E-state index is 14.2. The third-order valence-electron chi connectivity index (χ3n) is 6.95. The topological polar surface area (TPSA) is 86.8 Å². The number of unbranched alkanes of at least 4 members (excludes halogenated alkanes) is 1. The molecule has 3 aromatic carbocycles.